The van der Waals surface area contributed by atoms with E-state index in [0.717, 1.165) is 11.1 Å². The van der Waals surface area contributed by atoms with Crippen LogP contribution in [0.5, 0.6) is 0 Å². The zero-order valence-electron chi connectivity index (χ0n) is 4.91. The molecule has 38 valence electrons. The summed E-state index contributed by atoms with van der Waals surface area (Å²) in [4.78, 5) is 0. The maximum absolute atomic E-state index is 3.66. The van der Waals surface area contributed by atoms with Crippen LogP contribution in [-0.2, 0) is 26.2 Å². The quantitative estimate of drug-likeness (QED) is 0.533. The topological polar surface area (TPSA) is 0 Å². The predicted molar refractivity (Wildman–Crippen MR) is 29.6 cm³/mol. The van der Waals surface area contributed by atoms with E-state index < -0.39 is 0 Å². The first kappa shape index (κ1) is 10.4. The van der Waals surface area contributed by atoms with Gasteiger partial charge in [0.1, 0.15) is 0 Å². The van der Waals surface area contributed by atoms with Crippen LogP contribution >= 0.6 is 0 Å². The zero-order chi connectivity index (χ0) is 5.15. The SMILES string of the molecule is C=C(C)C(=C)C.[Zr]. The van der Waals surface area contributed by atoms with Crippen LogP contribution in [0.2, 0.25) is 0 Å². The summed E-state index contributed by atoms with van der Waals surface area (Å²) in [6.07, 6.45) is 0. The van der Waals surface area contributed by atoms with Gasteiger partial charge in [-0.2, -0.15) is 0 Å². The van der Waals surface area contributed by atoms with E-state index in [4.69, 9.17) is 0 Å². The maximum Gasteiger partial charge on any atom is 0 e. The molecular formula is C6H10Zr. The third kappa shape index (κ3) is 6.36. The minimum Gasteiger partial charge on any atom is -0.0959 e. The van der Waals surface area contributed by atoms with E-state index in [1.54, 1.807) is 0 Å². The monoisotopic (exact) mass is 172 g/mol. The fraction of sp³-hybridized carbons (Fsp3) is 0.333. The Morgan fingerprint density at radius 2 is 1.14 bits per heavy atom. The van der Waals surface area contributed by atoms with Gasteiger partial charge in [0, 0.05) is 26.2 Å². The van der Waals surface area contributed by atoms with Gasteiger partial charge in [-0.3, -0.25) is 0 Å². The van der Waals surface area contributed by atoms with Crippen molar-refractivity contribution in [2.75, 3.05) is 0 Å². The Kier molecular flexibility index (Phi) is 6.69. The fourth-order valence-corrected chi connectivity index (χ4v) is 0. The van der Waals surface area contributed by atoms with E-state index in [9.17, 15) is 0 Å². The van der Waals surface area contributed by atoms with Crippen LogP contribution in [0.15, 0.2) is 24.3 Å². The summed E-state index contributed by atoms with van der Waals surface area (Å²) in [5.41, 5.74) is 2.13. The molecule has 0 aliphatic heterocycles. The normalized spacial score (nSPS) is 6.57. The van der Waals surface area contributed by atoms with Crippen LogP contribution in [-0.4, -0.2) is 0 Å². The second-order valence-electron chi connectivity index (χ2n) is 1.56. The second kappa shape index (κ2) is 4.52. The van der Waals surface area contributed by atoms with E-state index in [0.29, 0.717) is 0 Å². The van der Waals surface area contributed by atoms with Crippen molar-refractivity contribution in [3.8, 4) is 0 Å². The van der Waals surface area contributed by atoms with E-state index in [2.05, 4.69) is 13.2 Å². The van der Waals surface area contributed by atoms with Gasteiger partial charge in [-0.25, -0.2) is 0 Å². The summed E-state index contributed by atoms with van der Waals surface area (Å²) in [6.45, 7) is 11.2. The van der Waals surface area contributed by atoms with Crippen LogP contribution in [0.1, 0.15) is 13.8 Å². The third-order valence-corrected chi connectivity index (χ3v) is 0.729. The van der Waals surface area contributed by atoms with Crippen molar-refractivity contribution in [1.29, 1.82) is 0 Å². The van der Waals surface area contributed by atoms with Gasteiger partial charge < -0.3 is 0 Å². The molecule has 0 saturated heterocycles. The van der Waals surface area contributed by atoms with E-state index in [1.807, 2.05) is 13.8 Å². The van der Waals surface area contributed by atoms with Gasteiger partial charge in [-0.1, -0.05) is 24.3 Å². The molecule has 0 radical (unpaired) electrons. The molecule has 0 aromatic heterocycles. The number of hydrogen-bond acceptors (Lipinski definition) is 0. The number of hydrogen-bond donors (Lipinski definition) is 0. The molecule has 0 aliphatic rings. The van der Waals surface area contributed by atoms with Gasteiger partial charge in [-0.05, 0) is 13.8 Å². The van der Waals surface area contributed by atoms with Gasteiger partial charge in [0.15, 0.2) is 0 Å². The maximum atomic E-state index is 3.66. The second-order valence-corrected chi connectivity index (χ2v) is 1.56. The predicted octanol–water partition coefficient (Wildman–Crippen LogP) is 2.14. The first-order valence-electron chi connectivity index (χ1n) is 1.96. The minimum atomic E-state index is 0. The molecule has 1 heteroatoms. The molecule has 0 heterocycles. The summed E-state index contributed by atoms with van der Waals surface area (Å²) in [5, 5.41) is 0. The van der Waals surface area contributed by atoms with Crippen molar-refractivity contribution >= 4 is 0 Å². The Morgan fingerprint density at radius 3 is 1.14 bits per heavy atom. The molecular weight excluding hydrogens is 163 g/mol. The van der Waals surface area contributed by atoms with Crippen molar-refractivity contribution in [3.05, 3.63) is 24.3 Å². The molecule has 0 N–H and O–H groups in total. The Hall–Kier alpha value is 0.363. The summed E-state index contributed by atoms with van der Waals surface area (Å²) in [6, 6.07) is 0. The summed E-state index contributed by atoms with van der Waals surface area (Å²) in [7, 11) is 0. The number of allylic oxidation sites excluding steroid dienone is 2. The molecule has 0 aliphatic carbocycles. The van der Waals surface area contributed by atoms with Gasteiger partial charge in [0.25, 0.3) is 0 Å². The minimum absolute atomic E-state index is 0. The smallest absolute Gasteiger partial charge is 0 e. The fourth-order valence-electron chi connectivity index (χ4n) is 0. The van der Waals surface area contributed by atoms with Crippen LogP contribution in [0, 0.1) is 0 Å². The van der Waals surface area contributed by atoms with E-state index in [1.165, 1.54) is 0 Å². The molecule has 0 saturated carbocycles. The first-order valence-corrected chi connectivity index (χ1v) is 1.96. The molecule has 0 spiro atoms. The standard InChI is InChI=1S/C6H10.Zr/c1-5(2)6(3)4;/h1,3H2,2,4H3;. The van der Waals surface area contributed by atoms with Gasteiger partial charge in [0.2, 0.25) is 0 Å². The van der Waals surface area contributed by atoms with E-state index in [-0.39, 0.29) is 26.2 Å². The average molecular weight is 173 g/mol. The van der Waals surface area contributed by atoms with Crippen molar-refractivity contribution < 1.29 is 26.2 Å². The van der Waals surface area contributed by atoms with Crippen molar-refractivity contribution in [2.45, 2.75) is 13.8 Å². The Morgan fingerprint density at radius 1 is 1.00 bits per heavy atom. The van der Waals surface area contributed by atoms with E-state index >= 15 is 0 Å². The van der Waals surface area contributed by atoms with Gasteiger partial charge >= 0.3 is 0 Å². The van der Waals surface area contributed by atoms with Gasteiger partial charge in [-0.15, -0.1) is 0 Å². The summed E-state index contributed by atoms with van der Waals surface area (Å²) in [5.74, 6) is 0. The molecule has 0 nitrogen and oxygen atoms in total. The van der Waals surface area contributed by atoms with Crippen molar-refractivity contribution in [3.63, 3.8) is 0 Å². The van der Waals surface area contributed by atoms with Crippen molar-refractivity contribution in [2.24, 2.45) is 0 Å². The van der Waals surface area contributed by atoms with Crippen LogP contribution in [0.25, 0.3) is 0 Å². The largest absolute Gasteiger partial charge is 0.0959 e. The summed E-state index contributed by atoms with van der Waals surface area (Å²) < 4.78 is 0. The Labute approximate surface area is 64.4 Å². The molecule has 0 amide bonds. The first-order chi connectivity index (χ1) is 2.64. The van der Waals surface area contributed by atoms with Crippen molar-refractivity contribution in [1.82, 2.24) is 0 Å². The zero-order valence-corrected chi connectivity index (χ0v) is 7.37. The van der Waals surface area contributed by atoms with Crippen LogP contribution < -0.4 is 0 Å². The summed E-state index contributed by atoms with van der Waals surface area (Å²) >= 11 is 0. The Bertz CT molecular complexity index is 70.2. The van der Waals surface area contributed by atoms with Gasteiger partial charge in [0.05, 0.1) is 0 Å². The molecule has 0 unspecified atom stereocenters. The molecule has 0 atom stereocenters. The molecule has 7 heavy (non-hydrogen) atoms. The molecule has 0 rings (SSSR count). The molecule has 0 fully saturated rings. The number of rotatable bonds is 1. The van der Waals surface area contributed by atoms with Crippen LogP contribution in [0.3, 0.4) is 0 Å². The third-order valence-electron chi connectivity index (χ3n) is 0.729. The average Bonchev–Trinajstić information content (AvgIpc) is 1.36. The molecule has 0 aromatic rings. The molecule has 0 aromatic carbocycles. The van der Waals surface area contributed by atoms with Crippen LogP contribution in [0.4, 0.5) is 0 Å². The molecule has 0 bridgehead atoms. The Balaban J connectivity index is 0.